The van der Waals surface area contributed by atoms with E-state index in [9.17, 15) is 9.00 Å². The van der Waals surface area contributed by atoms with Gasteiger partial charge in [-0.1, -0.05) is 43.3 Å². The number of anilines is 1. The largest absolute Gasteiger partial charge is 0.368 e. The van der Waals surface area contributed by atoms with E-state index in [0.717, 1.165) is 24.9 Å². The number of nitrogens with zero attached hydrogens (tertiary/aromatic N) is 3. The fraction of sp³-hybridized carbons (Fsp3) is 0.500. The zero-order valence-corrected chi connectivity index (χ0v) is 20.4. The van der Waals surface area contributed by atoms with Crippen molar-refractivity contribution in [2.75, 3.05) is 37.6 Å². The average Bonchev–Trinajstić information content (AvgIpc) is 2.94. The van der Waals surface area contributed by atoms with Crippen LogP contribution < -0.4 is 4.90 Å². The second-order valence-corrected chi connectivity index (χ2v) is 11.1. The predicted octanol–water partition coefficient (Wildman–Crippen LogP) is 4.00. The summed E-state index contributed by atoms with van der Waals surface area (Å²) >= 11 is 0. The lowest BCUT2D eigenvalue weighted by molar-refractivity contribution is -0.129. The van der Waals surface area contributed by atoms with E-state index in [1.807, 2.05) is 39.5 Å². The molecule has 178 valence electrons. The molecular weight excluding hydrogens is 437 g/mol. The van der Waals surface area contributed by atoms with Gasteiger partial charge in [0.05, 0.1) is 16.2 Å². The Bertz CT molecular complexity index is 979. The third-order valence-corrected chi connectivity index (χ3v) is 8.61. The molecule has 7 heteroatoms. The first-order chi connectivity index (χ1) is 15.9. The molecule has 1 amide bonds. The number of halogens is 1. The van der Waals surface area contributed by atoms with Crippen molar-refractivity contribution < 1.29 is 13.4 Å². The molecule has 2 fully saturated rings. The van der Waals surface area contributed by atoms with Crippen molar-refractivity contribution in [2.45, 2.75) is 44.9 Å². The van der Waals surface area contributed by atoms with Crippen molar-refractivity contribution in [3.8, 4) is 0 Å². The Morgan fingerprint density at radius 1 is 1.06 bits per heavy atom. The highest BCUT2D eigenvalue weighted by molar-refractivity contribution is 7.83. The molecule has 4 rings (SSSR count). The molecule has 0 radical (unpaired) electrons. The highest BCUT2D eigenvalue weighted by Gasteiger charge is 2.30. The van der Waals surface area contributed by atoms with E-state index >= 15 is 4.39 Å². The summed E-state index contributed by atoms with van der Waals surface area (Å²) in [5, 5.41) is 0.0461. The van der Waals surface area contributed by atoms with Crippen molar-refractivity contribution in [3.63, 3.8) is 0 Å². The number of carbonyl (C=O) groups excluding carboxylic acids is 1. The van der Waals surface area contributed by atoms with Gasteiger partial charge < -0.3 is 9.80 Å². The number of benzene rings is 2. The normalized spacial score (nSPS) is 24.5. The van der Waals surface area contributed by atoms with Gasteiger partial charge in [0.25, 0.3) is 0 Å². The molecule has 2 saturated heterocycles. The second kappa shape index (κ2) is 10.8. The molecule has 2 heterocycles. The minimum absolute atomic E-state index is 0.0461. The molecule has 0 aromatic heterocycles. The summed E-state index contributed by atoms with van der Waals surface area (Å²) in [6.07, 6.45) is 2.67. The zero-order valence-electron chi connectivity index (χ0n) is 19.6. The van der Waals surface area contributed by atoms with Crippen LogP contribution in [0.4, 0.5) is 10.1 Å². The van der Waals surface area contributed by atoms with Crippen molar-refractivity contribution >= 4 is 22.6 Å². The van der Waals surface area contributed by atoms with E-state index < -0.39 is 11.0 Å². The maximum atomic E-state index is 15.1. The number of carbonyl (C=O) groups is 1. The van der Waals surface area contributed by atoms with Gasteiger partial charge in [-0.05, 0) is 42.9 Å². The van der Waals surface area contributed by atoms with Gasteiger partial charge in [-0.25, -0.2) is 12.9 Å². The molecule has 0 bridgehead atoms. The smallest absolute Gasteiger partial charge is 0.219 e. The minimum atomic E-state index is -1.16. The summed E-state index contributed by atoms with van der Waals surface area (Å²) in [6.45, 7) is 7.60. The van der Waals surface area contributed by atoms with Crippen LogP contribution in [0, 0.1) is 11.7 Å². The lowest BCUT2D eigenvalue weighted by atomic mass is 9.98. The Morgan fingerprint density at radius 2 is 1.79 bits per heavy atom. The molecule has 33 heavy (non-hydrogen) atoms. The molecule has 2 aromatic rings. The maximum absolute atomic E-state index is 15.1. The molecule has 0 N–H and O–H groups in total. The van der Waals surface area contributed by atoms with E-state index in [4.69, 9.17) is 0 Å². The van der Waals surface area contributed by atoms with Gasteiger partial charge in [0.1, 0.15) is 5.82 Å². The van der Waals surface area contributed by atoms with Crippen LogP contribution in [0.5, 0.6) is 0 Å². The highest BCUT2D eigenvalue weighted by atomic mass is 32.2. The number of piperazine rings is 1. The van der Waals surface area contributed by atoms with Crippen LogP contribution in [-0.2, 0) is 28.7 Å². The summed E-state index contributed by atoms with van der Waals surface area (Å²) in [7, 11) is -1.16. The molecule has 3 unspecified atom stereocenters. The van der Waals surface area contributed by atoms with Crippen LogP contribution in [0.15, 0.2) is 48.5 Å². The predicted molar refractivity (Wildman–Crippen MR) is 132 cm³/mol. The monoisotopic (exact) mass is 471 g/mol. The molecule has 2 aliphatic rings. The van der Waals surface area contributed by atoms with Crippen LogP contribution in [0.1, 0.15) is 37.8 Å². The van der Waals surface area contributed by atoms with Crippen molar-refractivity contribution in [1.82, 2.24) is 9.21 Å². The van der Waals surface area contributed by atoms with Crippen molar-refractivity contribution in [2.24, 2.45) is 5.92 Å². The Labute approximate surface area is 199 Å². The van der Waals surface area contributed by atoms with Crippen LogP contribution in [0.3, 0.4) is 0 Å². The van der Waals surface area contributed by atoms with E-state index in [1.165, 1.54) is 5.56 Å². The third-order valence-electron chi connectivity index (χ3n) is 6.86. The van der Waals surface area contributed by atoms with Crippen LogP contribution in [0.25, 0.3) is 0 Å². The molecular formula is C26H34FN3O2S. The average molecular weight is 472 g/mol. The minimum Gasteiger partial charge on any atom is -0.368 e. The lowest BCUT2D eigenvalue weighted by Crippen LogP contribution is -2.48. The van der Waals surface area contributed by atoms with Gasteiger partial charge in [-0.15, -0.1) is 0 Å². The van der Waals surface area contributed by atoms with Crippen LogP contribution in [0.2, 0.25) is 0 Å². The Kier molecular flexibility index (Phi) is 7.81. The summed E-state index contributed by atoms with van der Waals surface area (Å²) in [6, 6.07) is 15.6. The standard InChI is InChI=1S/C26H34FN3O2S/c1-20-10-11-30(33(32)25(16-20)17-22-6-4-3-5-7-22)19-23-8-9-24(18-26(23)27)29-14-12-28(13-15-29)21(2)31/h3-9,18,20,25H,10-17,19H2,1-2H3. The molecule has 0 aliphatic carbocycles. The first kappa shape index (κ1) is 23.9. The second-order valence-electron chi connectivity index (χ2n) is 9.35. The van der Waals surface area contributed by atoms with Gasteiger partial charge >= 0.3 is 0 Å². The molecule has 3 atom stereocenters. The fourth-order valence-electron chi connectivity index (χ4n) is 4.82. The van der Waals surface area contributed by atoms with E-state index in [1.54, 1.807) is 13.0 Å². The third kappa shape index (κ3) is 6.01. The number of hydrogen-bond acceptors (Lipinski definition) is 3. The highest BCUT2D eigenvalue weighted by Crippen LogP contribution is 2.28. The number of rotatable bonds is 5. The summed E-state index contributed by atoms with van der Waals surface area (Å²) in [5.74, 6) is 0.325. The van der Waals surface area contributed by atoms with E-state index in [-0.39, 0.29) is 17.0 Å². The molecule has 0 spiro atoms. The Morgan fingerprint density at radius 3 is 2.45 bits per heavy atom. The fourth-order valence-corrected chi connectivity index (χ4v) is 6.62. The van der Waals surface area contributed by atoms with Crippen LogP contribution in [-0.4, -0.2) is 57.3 Å². The molecule has 0 saturated carbocycles. The van der Waals surface area contributed by atoms with Gasteiger partial charge in [-0.3, -0.25) is 4.79 Å². The molecule has 5 nitrogen and oxygen atoms in total. The summed E-state index contributed by atoms with van der Waals surface area (Å²) in [5.41, 5.74) is 2.62. The van der Waals surface area contributed by atoms with Crippen molar-refractivity contribution in [1.29, 1.82) is 0 Å². The summed E-state index contributed by atoms with van der Waals surface area (Å²) < 4.78 is 30.5. The Hall–Kier alpha value is -2.25. The number of hydrogen-bond donors (Lipinski definition) is 0. The first-order valence-corrected chi connectivity index (χ1v) is 13.1. The van der Waals surface area contributed by atoms with E-state index in [2.05, 4.69) is 24.0 Å². The van der Waals surface area contributed by atoms with Gasteiger partial charge in [0, 0.05) is 57.4 Å². The maximum Gasteiger partial charge on any atom is 0.219 e. The quantitative estimate of drug-likeness (QED) is 0.662. The Balaban J connectivity index is 1.43. The molecule has 2 aliphatic heterocycles. The van der Waals surface area contributed by atoms with Crippen LogP contribution >= 0.6 is 0 Å². The van der Waals surface area contributed by atoms with E-state index in [0.29, 0.717) is 50.7 Å². The van der Waals surface area contributed by atoms with Gasteiger partial charge in [0.2, 0.25) is 5.91 Å². The van der Waals surface area contributed by atoms with Crippen molar-refractivity contribution in [3.05, 3.63) is 65.5 Å². The molecule has 2 aromatic carbocycles. The summed E-state index contributed by atoms with van der Waals surface area (Å²) in [4.78, 5) is 15.5. The first-order valence-electron chi connectivity index (χ1n) is 11.9. The number of amides is 1. The topological polar surface area (TPSA) is 43.9 Å². The van der Waals surface area contributed by atoms with Gasteiger partial charge in [0.15, 0.2) is 0 Å². The lowest BCUT2D eigenvalue weighted by Gasteiger charge is -2.35. The van der Waals surface area contributed by atoms with Gasteiger partial charge in [-0.2, -0.15) is 0 Å². The SMILES string of the molecule is CC(=O)N1CCN(c2ccc(CN3CCC(C)CC(Cc4ccccc4)S3=O)c(F)c2)CC1. The zero-order chi connectivity index (χ0) is 23.4.